The number of dihydropyridines is 1. The Bertz CT molecular complexity index is 271. The predicted octanol–water partition coefficient (Wildman–Crippen LogP) is 0.268. The number of esters is 1. The van der Waals surface area contributed by atoms with Crippen molar-refractivity contribution in [3.63, 3.8) is 0 Å². The molecule has 0 saturated heterocycles. The van der Waals surface area contributed by atoms with E-state index in [1.54, 1.807) is 32.2 Å². The Balaban J connectivity index is 2.82. The molecule has 0 radical (unpaired) electrons. The van der Waals surface area contributed by atoms with Gasteiger partial charge in [0.25, 0.3) is 0 Å². The molecule has 0 aromatic rings. The van der Waals surface area contributed by atoms with Crippen molar-refractivity contribution in [2.75, 3.05) is 6.61 Å². The minimum Gasteiger partial charge on any atom is -0.464 e. The number of hydrogen-bond acceptors (Lipinski definition) is 4. The summed E-state index contributed by atoms with van der Waals surface area (Å²) in [4.78, 5) is 11.5. The Hall–Kier alpha value is -1.45. The number of carbonyl (C=O) groups is 1. The number of allylic oxidation sites excluding steroid dienone is 2. The molecule has 1 heterocycles. The van der Waals surface area contributed by atoms with Gasteiger partial charge in [0.1, 0.15) is 0 Å². The van der Waals surface area contributed by atoms with E-state index in [4.69, 9.17) is 10.5 Å². The van der Waals surface area contributed by atoms with Crippen LogP contribution in [0.4, 0.5) is 0 Å². The standard InChI is InChI=1S/C9H14N2O2/c1-3-13-8(12)9(2)7(10)5-4-6-11-9/h4-6,11H,3,10H2,1-2H3. The first-order valence-electron chi connectivity index (χ1n) is 4.19. The average Bonchev–Trinajstić information content (AvgIpc) is 2.11. The molecular formula is C9H14N2O2. The summed E-state index contributed by atoms with van der Waals surface area (Å²) in [5.74, 6) is -0.354. The second-order valence-corrected chi connectivity index (χ2v) is 2.97. The summed E-state index contributed by atoms with van der Waals surface area (Å²) in [5.41, 5.74) is 5.25. The van der Waals surface area contributed by atoms with Gasteiger partial charge in [-0.15, -0.1) is 0 Å². The molecule has 1 unspecified atom stereocenters. The van der Waals surface area contributed by atoms with E-state index in [1.165, 1.54) is 0 Å². The van der Waals surface area contributed by atoms with Crippen molar-refractivity contribution in [2.24, 2.45) is 5.73 Å². The van der Waals surface area contributed by atoms with Crippen molar-refractivity contribution in [1.82, 2.24) is 5.32 Å². The number of nitrogens with two attached hydrogens (primary N) is 1. The van der Waals surface area contributed by atoms with E-state index in [9.17, 15) is 4.79 Å². The topological polar surface area (TPSA) is 64.3 Å². The summed E-state index contributed by atoms with van der Waals surface area (Å²) in [6.45, 7) is 3.81. The molecule has 1 aliphatic heterocycles. The Morgan fingerprint density at radius 1 is 1.77 bits per heavy atom. The summed E-state index contributed by atoms with van der Waals surface area (Å²) in [6, 6.07) is 0. The predicted molar refractivity (Wildman–Crippen MR) is 49.6 cm³/mol. The van der Waals surface area contributed by atoms with Crippen LogP contribution in [0.5, 0.6) is 0 Å². The van der Waals surface area contributed by atoms with E-state index in [-0.39, 0.29) is 5.97 Å². The monoisotopic (exact) mass is 182 g/mol. The lowest BCUT2D eigenvalue weighted by atomic mass is 9.96. The summed E-state index contributed by atoms with van der Waals surface area (Å²) < 4.78 is 4.90. The first-order valence-corrected chi connectivity index (χ1v) is 4.19. The van der Waals surface area contributed by atoms with Crippen LogP contribution in [-0.4, -0.2) is 18.1 Å². The third kappa shape index (κ3) is 1.66. The lowest BCUT2D eigenvalue weighted by molar-refractivity contribution is -0.148. The molecule has 72 valence electrons. The Kier molecular flexibility index (Phi) is 2.60. The molecule has 3 N–H and O–H groups in total. The molecule has 0 bridgehead atoms. The molecule has 13 heavy (non-hydrogen) atoms. The highest BCUT2D eigenvalue weighted by molar-refractivity contribution is 5.85. The second kappa shape index (κ2) is 3.51. The van der Waals surface area contributed by atoms with E-state index in [1.807, 2.05) is 0 Å². The lowest BCUT2D eigenvalue weighted by Gasteiger charge is -2.29. The normalized spacial score (nSPS) is 26.2. The first-order chi connectivity index (χ1) is 6.11. The van der Waals surface area contributed by atoms with Crippen LogP contribution in [0.3, 0.4) is 0 Å². The van der Waals surface area contributed by atoms with Crippen LogP contribution < -0.4 is 11.1 Å². The maximum atomic E-state index is 11.5. The van der Waals surface area contributed by atoms with E-state index in [2.05, 4.69) is 5.32 Å². The van der Waals surface area contributed by atoms with Crippen LogP contribution in [-0.2, 0) is 9.53 Å². The fraction of sp³-hybridized carbons (Fsp3) is 0.444. The molecule has 1 atom stereocenters. The maximum absolute atomic E-state index is 11.5. The molecule has 0 aromatic carbocycles. The zero-order valence-electron chi connectivity index (χ0n) is 7.83. The minimum atomic E-state index is -0.912. The smallest absolute Gasteiger partial charge is 0.337 e. The van der Waals surface area contributed by atoms with Gasteiger partial charge in [0.05, 0.1) is 6.61 Å². The van der Waals surface area contributed by atoms with Gasteiger partial charge < -0.3 is 15.8 Å². The van der Waals surface area contributed by atoms with Gasteiger partial charge in [0.15, 0.2) is 5.54 Å². The van der Waals surface area contributed by atoms with E-state index < -0.39 is 5.54 Å². The van der Waals surface area contributed by atoms with E-state index >= 15 is 0 Å². The quantitative estimate of drug-likeness (QED) is 0.601. The fourth-order valence-electron chi connectivity index (χ4n) is 1.07. The summed E-state index contributed by atoms with van der Waals surface area (Å²) in [6.07, 6.45) is 5.11. The molecule has 1 rings (SSSR count). The molecular weight excluding hydrogens is 168 g/mol. The highest BCUT2D eigenvalue weighted by Gasteiger charge is 2.37. The van der Waals surface area contributed by atoms with Crippen molar-refractivity contribution < 1.29 is 9.53 Å². The summed E-state index contributed by atoms with van der Waals surface area (Å²) in [5, 5.41) is 2.88. The maximum Gasteiger partial charge on any atom is 0.337 e. The van der Waals surface area contributed by atoms with Gasteiger partial charge in [-0.25, -0.2) is 4.79 Å². The first kappa shape index (κ1) is 9.64. The number of ether oxygens (including phenoxy) is 1. The Morgan fingerprint density at radius 3 is 3.00 bits per heavy atom. The third-order valence-electron chi connectivity index (χ3n) is 2.01. The van der Waals surface area contributed by atoms with Crippen LogP contribution in [0, 0.1) is 0 Å². The summed E-state index contributed by atoms with van der Waals surface area (Å²) >= 11 is 0. The molecule has 0 aromatic heterocycles. The van der Waals surface area contributed by atoms with Crippen LogP contribution in [0.2, 0.25) is 0 Å². The molecule has 0 spiro atoms. The van der Waals surface area contributed by atoms with Gasteiger partial charge >= 0.3 is 5.97 Å². The molecule has 0 amide bonds. The molecule has 0 fully saturated rings. The number of carbonyl (C=O) groups excluding carboxylic acids is 1. The number of rotatable bonds is 2. The average molecular weight is 182 g/mol. The van der Waals surface area contributed by atoms with Gasteiger partial charge in [-0.1, -0.05) is 0 Å². The van der Waals surface area contributed by atoms with Gasteiger partial charge in [-0.3, -0.25) is 0 Å². The van der Waals surface area contributed by atoms with Crippen molar-refractivity contribution in [3.8, 4) is 0 Å². The lowest BCUT2D eigenvalue weighted by Crippen LogP contribution is -2.53. The molecule has 0 aliphatic carbocycles. The number of nitrogens with one attached hydrogen (secondary N) is 1. The highest BCUT2D eigenvalue weighted by Crippen LogP contribution is 2.17. The highest BCUT2D eigenvalue weighted by atomic mass is 16.5. The minimum absolute atomic E-state index is 0.354. The van der Waals surface area contributed by atoms with E-state index in [0.717, 1.165) is 0 Å². The molecule has 4 heteroatoms. The molecule has 0 saturated carbocycles. The van der Waals surface area contributed by atoms with E-state index in [0.29, 0.717) is 12.3 Å². The van der Waals surface area contributed by atoms with Crippen LogP contribution in [0.1, 0.15) is 13.8 Å². The number of hydrogen-bond donors (Lipinski definition) is 2. The van der Waals surface area contributed by atoms with Gasteiger partial charge in [0.2, 0.25) is 0 Å². The van der Waals surface area contributed by atoms with Crippen LogP contribution in [0.15, 0.2) is 24.0 Å². The third-order valence-corrected chi connectivity index (χ3v) is 2.01. The fourth-order valence-corrected chi connectivity index (χ4v) is 1.07. The Labute approximate surface area is 77.4 Å². The molecule has 1 aliphatic rings. The van der Waals surface area contributed by atoms with Crippen LogP contribution in [0.25, 0.3) is 0 Å². The molecule has 4 nitrogen and oxygen atoms in total. The second-order valence-electron chi connectivity index (χ2n) is 2.97. The largest absolute Gasteiger partial charge is 0.464 e. The van der Waals surface area contributed by atoms with Crippen LogP contribution >= 0.6 is 0 Å². The van der Waals surface area contributed by atoms with Gasteiger partial charge in [-0.2, -0.15) is 0 Å². The van der Waals surface area contributed by atoms with Crippen molar-refractivity contribution in [3.05, 3.63) is 24.0 Å². The SMILES string of the molecule is CCOC(=O)C1(C)NC=CC=C1N. The van der Waals surface area contributed by atoms with Crippen molar-refractivity contribution in [2.45, 2.75) is 19.4 Å². The summed E-state index contributed by atoms with van der Waals surface area (Å²) in [7, 11) is 0. The zero-order valence-corrected chi connectivity index (χ0v) is 7.83. The Morgan fingerprint density at radius 2 is 2.46 bits per heavy atom. The van der Waals surface area contributed by atoms with Crippen molar-refractivity contribution in [1.29, 1.82) is 0 Å². The van der Waals surface area contributed by atoms with Gasteiger partial charge in [-0.05, 0) is 32.2 Å². The van der Waals surface area contributed by atoms with Crippen molar-refractivity contribution >= 4 is 5.97 Å². The zero-order chi connectivity index (χ0) is 9.90. The van der Waals surface area contributed by atoms with Gasteiger partial charge in [0, 0.05) is 5.70 Å².